The summed E-state index contributed by atoms with van der Waals surface area (Å²) in [6, 6.07) is 7.54. The molecule has 0 amide bonds. The highest BCUT2D eigenvalue weighted by atomic mass is 35.5. The number of halogens is 2. The van der Waals surface area contributed by atoms with Crippen LogP contribution in [0.5, 0.6) is 0 Å². The van der Waals surface area contributed by atoms with Gasteiger partial charge in [-0.3, -0.25) is 5.43 Å². The summed E-state index contributed by atoms with van der Waals surface area (Å²) in [5.41, 5.74) is 10.0. The summed E-state index contributed by atoms with van der Waals surface area (Å²) in [4.78, 5) is 4.99. The first-order valence-corrected chi connectivity index (χ1v) is 6.20. The summed E-state index contributed by atoms with van der Waals surface area (Å²) in [5, 5.41) is 3.82. The number of alkyl halides is 1. The van der Waals surface area contributed by atoms with Crippen LogP contribution in [0.2, 0.25) is 0 Å². The van der Waals surface area contributed by atoms with Gasteiger partial charge in [0, 0.05) is 11.6 Å². The Bertz CT molecular complexity index is 622. The normalized spacial score (nSPS) is 23.6. The fraction of sp³-hybridized carbons (Fsp3) is 0.143. The lowest BCUT2D eigenvalue weighted by molar-refractivity contribution is 0.302. The SMILES string of the molecule is Cl.Nc1ccc(C2C=CC(F)(Nn3cncn3)C=C2)cc1. The maximum Gasteiger partial charge on any atom is 0.232 e. The Hall–Kier alpha value is -2.34. The molecule has 1 aliphatic rings. The Kier molecular flexibility index (Phi) is 4.28. The number of anilines is 1. The molecule has 1 aromatic carbocycles. The lowest BCUT2D eigenvalue weighted by Gasteiger charge is -2.24. The van der Waals surface area contributed by atoms with Gasteiger partial charge in [-0.1, -0.05) is 24.3 Å². The van der Waals surface area contributed by atoms with Crippen molar-refractivity contribution in [3.63, 3.8) is 0 Å². The molecule has 110 valence electrons. The second kappa shape index (κ2) is 5.97. The maximum atomic E-state index is 14.5. The minimum Gasteiger partial charge on any atom is -0.399 e. The number of hydrogen-bond donors (Lipinski definition) is 2. The minimum atomic E-state index is -1.77. The molecule has 5 nitrogen and oxygen atoms in total. The third kappa shape index (κ3) is 3.41. The van der Waals surface area contributed by atoms with Crippen LogP contribution in [0.15, 0.2) is 61.2 Å². The van der Waals surface area contributed by atoms with Crippen molar-refractivity contribution >= 4 is 18.1 Å². The van der Waals surface area contributed by atoms with E-state index in [1.807, 2.05) is 24.3 Å². The van der Waals surface area contributed by atoms with E-state index < -0.39 is 5.79 Å². The Morgan fingerprint density at radius 1 is 1.19 bits per heavy atom. The molecule has 0 saturated heterocycles. The van der Waals surface area contributed by atoms with Crippen molar-refractivity contribution < 1.29 is 4.39 Å². The molecule has 0 unspecified atom stereocenters. The molecular formula is C14H15ClFN5. The summed E-state index contributed by atoms with van der Waals surface area (Å²) in [5.74, 6) is -1.73. The van der Waals surface area contributed by atoms with Gasteiger partial charge < -0.3 is 5.73 Å². The van der Waals surface area contributed by atoms with Crippen molar-refractivity contribution in [2.24, 2.45) is 0 Å². The predicted octanol–water partition coefficient (Wildman–Crippen LogP) is 2.40. The van der Waals surface area contributed by atoms with Crippen LogP contribution < -0.4 is 11.2 Å². The summed E-state index contributed by atoms with van der Waals surface area (Å²) in [6.45, 7) is 0. The van der Waals surface area contributed by atoms with E-state index >= 15 is 0 Å². The van der Waals surface area contributed by atoms with Crippen LogP contribution in [0.3, 0.4) is 0 Å². The Morgan fingerprint density at radius 3 is 2.43 bits per heavy atom. The molecular weight excluding hydrogens is 293 g/mol. The number of nitrogen functional groups attached to an aromatic ring is 1. The largest absolute Gasteiger partial charge is 0.399 e. The van der Waals surface area contributed by atoms with Crippen LogP contribution in [-0.4, -0.2) is 20.7 Å². The highest BCUT2D eigenvalue weighted by molar-refractivity contribution is 5.85. The number of aromatic nitrogens is 3. The first-order chi connectivity index (χ1) is 9.65. The average Bonchev–Trinajstić information content (AvgIpc) is 2.93. The standard InChI is InChI=1S/C14H14FN5.ClH/c15-14(19-20-10-17-9-18-20)7-5-12(6-8-14)11-1-3-13(16)4-2-11;/h1-10,12,19H,16H2;1H. The van der Waals surface area contributed by atoms with Gasteiger partial charge in [-0.05, 0) is 29.8 Å². The fourth-order valence-electron chi connectivity index (χ4n) is 2.06. The van der Waals surface area contributed by atoms with Crippen LogP contribution >= 0.6 is 12.4 Å². The average molecular weight is 308 g/mol. The van der Waals surface area contributed by atoms with Crippen molar-refractivity contribution in [3.8, 4) is 0 Å². The number of benzene rings is 1. The highest BCUT2D eigenvalue weighted by Crippen LogP contribution is 2.28. The topological polar surface area (TPSA) is 68.8 Å². The molecule has 2 aromatic rings. The number of nitrogens with zero attached hydrogens (tertiary/aromatic N) is 3. The number of rotatable bonds is 3. The third-order valence-electron chi connectivity index (χ3n) is 3.12. The summed E-state index contributed by atoms with van der Waals surface area (Å²) < 4.78 is 14.5. The van der Waals surface area contributed by atoms with E-state index in [4.69, 9.17) is 5.73 Å². The third-order valence-corrected chi connectivity index (χ3v) is 3.12. The van der Waals surface area contributed by atoms with E-state index in [1.165, 1.54) is 29.6 Å². The molecule has 1 aromatic heterocycles. The van der Waals surface area contributed by atoms with Gasteiger partial charge in [-0.15, -0.1) is 17.5 Å². The lowest BCUT2D eigenvalue weighted by atomic mass is 9.92. The first kappa shape index (κ1) is 15.1. The van der Waals surface area contributed by atoms with Crippen molar-refractivity contribution in [2.45, 2.75) is 11.7 Å². The smallest absolute Gasteiger partial charge is 0.232 e. The van der Waals surface area contributed by atoms with E-state index in [2.05, 4.69) is 15.5 Å². The van der Waals surface area contributed by atoms with E-state index in [9.17, 15) is 4.39 Å². The summed E-state index contributed by atoms with van der Waals surface area (Å²) in [6.07, 6.45) is 9.27. The zero-order valence-corrected chi connectivity index (χ0v) is 11.9. The lowest BCUT2D eigenvalue weighted by Crippen LogP contribution is -2.36. The molecule has 0 spiro atoms. The minimum absolute atomic E-state index is 0. The van der Waals surface area contributed by atoms with Gasteiger partial charge in [-0.2, -0.15) is 4.79 Å². The van der Waals surface area contributed by atoms with E-state index in [1.54, 1.807) is 12.2 Å². The molecule has 3 rings (SSSR count). The van der Waals surface area contributed by atoms with Crippen LogP contribution in [0.1, 0.15) is 11.5 Å². The molecule has 0 aliphatic heterocycles. The van der Waals surface area contributed by atoms with Crippen molar-refractivity contribution in [3.05, 3.63) is 66.8 Å². The quantitative estimate of drug-likeness (QED) is 0.519. The van der Waals surface area contributed by atoms with Crippen LogP contribution in [0.25, 0.3) is 0 Å². The van der Waals surface area contributed by atoms with Gasteiger partial charge in [0.1, 0.15) is 12.7 Å². The Morgan fingerprint density at radius 2 is 1.86 bits per heavy atom. The zero-order valence-electron chi connectivity index (χ0n) is 11.1. The number of nitrogens with one attached hydrogen (secondary N) is 1. The molecule has 0 fully saturated rings. The van der Waals surface area contributed by atoms with Gasteiger partial charge in [-0.25, -0.2) is 9.37 Å². The molecule has 0 saturated carbocycles. The number of hydrogen-bond acceptors (Lipinski definition) is 4. The zero-order chi connectivity index (χ0) is 14.0. The van der Waals surface area contributed by atoms with E-state index in [-0.39, 0.29) is 18.3 Å². The molecule has 0 radical (unpaired) electrons. The second-order valence-corrected chi connectivity index (χ2v) is 4.63. The van der Waals surface area contributed by atoms with E-state index in [0.717, 1.165) is 5.56 Å². The van der Waals surface area contributed by atoms with Gasteiger partial charge in [0.05, 0.1) is 0 Å². The van der Waals surface area contributed by atoms with Crippen LogP contribution in [-0.2, 0) is 0 Å². The Labute approximate surface area is 127 Å². The highest BCUT2D eigenvalue weighted by Gasteiger charge is 2.26. The summed E-state index contributed by atoms with van der Waals surface area (Å²) in [7, 11) is 0. The summed E-state index contributed by atoms with van der Waals surface area (Å²) >= 11 is 0. The number of allylic oxidation sites excluding steroid dienone is 2. The van der Waals surface area contributed by atoms with Gasteiger partial charge in [0.25, 0.3) is 0 Å². The molecule has 0 bridgehead atoms. The van der Waals surface area contributed by atoms with E-state index in [0.29, 0.717) is 5.69 Å². The number of nitrogens with two attached hydrogens (primary N) is 1. The fourth-order valence-corrected chi connectivity index (χ4v) is 2.06. The molecule has 21 heavy (non-hydrogen) atoms. The second-order valence-electron chi connectivity index (χ2n) is 4.63. The first-order valence-electron chi connectivity index (χ1n) is 6.20. The predicted molar refractivity (Wildman–Crippen MR) is 82.3 cm³/mol. The molecule has 3 N–H and O–H groups in total. The van der Waals surface area contributed by atoms with Crippen molar-refractivity contribution in [1.82, 2.24) is 14.9 Å². The maximum absolute atomic E-state index is 14.5. The van der Waals surface area contributed by atoms with Crippen LogP contribution in [0, 0.1) is 0 Å². The molecule has 1 aliphatic carbocycles. The van der Waals surface area contributed by atoms with Gasteiger partial charge in [0.2, 0.25) is 5.79 Å². The Balaban J connectivity index is 0.00000161. The molecule has 1 heterocycles. The van der Waals surface area contributed by atoms with Crippen LogP contribution in [0.4, 0.5) is 10.1 Å². The monoisotopic (exact) mass is 307 g/mol. The molecule has 7 heteroatoms. The molecule has 0 atom stereocenters. The van der Waals surface area contributed by atoms with Gasteiger partial charge >= 0.3 is 0 Å². The van der Waals surface area contributed by atoms with Crippen molar-refractivity contribution in [1.29, 1.82) is 0 Å². The van der Waals surface area contributed by atoms with Crippen molar-refractivity contribution in [2.75, 3.05) is 11.2 Å². The van der Waals surface area contributed by atoms with Gasteiger partial charge in [0.15, 0.2) is 0 Å².